The Kier molecular flexibility index (Phi) is 13.5. The molecular formula is C35H54O13. The van der Waals surface area contributed by atoms with Gasteiger partial charge in [0.05, 0.1) is 37.6 Å². The molecule has 5 rings (SSSR count). The van der Waals surface area contributed by atoms with Gasteiger partial charge in [0.25, 0.3) is 0 Å². The van der Waals surface area contributed by atoms with Crippen LogP contribution in [0.3, 0.4) is 0 Å². The number of unbranched alkanes of at least 4 members (excludes halogenated alkanes) is 2. The Balaban J connectivity index is 1.34. The van der Waals surface area contributed by atoms with Crippen LogP contribution in [-0.2, 0) is 36.6 Å². The number of aliphatic hydroxyl groups excluding tert-OH is 6. The van der Waals surface area contributed by atoms with E-state index in [0.717, 1.165) is 43.2 Å². The van der Waals surface area contributed by atoms with Gasteiger partial charge in [-0.05, 0) is 73.5 Å². The van der Waals surface area contributed by atoms with E-state index in [4.69, 9.17) is 23.7 Å². The first-order valence-corrected chi connectivity index (χ1v) is 17.6. The Labute approximate surface area is 281 Å². The minimum absolute atomic E-state index is 0.0778. The van der Waals surface area contributed by atoms with Crippen molar-refractivity contribution in [3.63, 3.8) is 0 Å². The van der Waals surface area contributed by atoms with E-state index in [2.05, 4.69) is 13.0 Å². The number of carboxylic acid groups (broad SMARTS) is 1. The summed E-state index contributed by atoms with van der Waals surface area (Å²) < 4.78 is 30.3. The summed E-state index contributed by atoms with van der Waals surface area (Å²) in [4.78, 5) is 11.2. The summed E-state index contributed by atoms with van der Waals surface area (Å²) in [6.07, 6.45) is -1.35. The zero-order valence-electron chi connectivity index (χ0n) is 27.7. The number of hydrogen-bond acceptors (Lipinski definition) is 12. The highest BCUT2D eigenvalue weighted by Gasteiger charge is 2.48. The molecule has 2 aliphatic heterocycles. The van der Waals surface area contributed by atoms with E-state index in [1.165, 1.54) is 0 Å². The molecule has 0 bridgehead atoms. The molecule has 1 saturated carbocycles. The van der Waals surface area contributed by atoms with Crippen LogP contribution in [0.25, 0.3) is 0 Å². The van der Waals surface area contributed by atoms with E-state index in [9.17, 15) is 40.5 Å². The van der Waals surface area contributed by atoms with Crippen LogP contribution in [0.15, 0.2) is 18.2 Å². The van der Waals surface area contributed by atoms with Gasteiger partial charge < -0.3 is 59.4 Å². The van der Waals surface area contributed by atoms with Gasteiger partial charge in [-0.15, -0.1) is 0 Å². The highest BCUT2D eigenvalue weighted by atomic mass is 16.7. The third-order valence-corrected chi connectivity index (χ3v) is 10.7. The second-order valence-electron chi connectivity index (χ2n) is 14.0. The van der Waals surface area contributed by atoms with Gasteiger partial charge in [0.1, 0.15) is 30.2 Å². The maximum absolute atomic E-state index is 11.2. The molecule has 13 nitrogen and oxygen atoms in total. The summed E-state index contributed by atoms with van der Waals surface area (Å²) in [6.45, 7) is 0.952. The van der Waals surface area contributed by atoms with Crippen LogP contribution in [0, 0.1) is 17.8 Å². The molecule has 0 aromatic heterocycles. The number of ether oxygens (including phenoxy) is 5. The molecule has 4 aliphatic rings. The van der Waals surface area contributed by atoms with Crippen LogP contribution >= 0.6 is 0 Å². The molecule has 13 atom stereocenters. The van der Waals surface area contributed by atoms with Crippen molar-refractivity contribution < 1.29 is 64.2 Å². The second kappa shape index (κ2) is 17.3. The van der Waals surface area contributed by atoms with Crippen molar-refractivity contribution in [2.75, 3.05) is 19.8 Å². The van der Waals surface area contributed by atoms with Crippen LogP contribution in [0.2, 0.25) is 0 Å². The Morgan fingerprint density at radius 1 is 0.958 bits per heavy atom. The van der Waals surface area contributed by atoms with Crippen LogP contribution in [-0.4, -0.2) is 123 Å². The van der Waals surface area contributed by atoms with E-state index < -0.39 is 68.4 Å². The maximum Gasteiger partial charge on any atom is 0.341 e. The first-order chi connectivity index (χ1) is 23.1. The van der Waals surface area contributed by atoms with Gasteiger partial charge in [0, 0.05) is 12.8 Å². The number of rotatable bonds is 16. The zero-order chi connectivity index (χ0) is 34.4. The molecule has 1 aromatic carbocycles. The molecule has 5 unspecified atom stereocenters. The van der Waals surface area contributed by atoms with Gasteiger partial charge in [-0.3, -0.25) is 0 Å². The summed E-state index contributed by atoms with van der Waals surface area (Å²) in [5, 5.41) is 70.4. The fourth-order valence-electron chi connectivity index (χ4n) is 8.21. The van der Waals surface area contributed by atoms with Gasteiger partial charge in [0.15, 0.2) is 19.2 Å². The van der Waals surface area contributed by atoms with E-state index in [1.54, 1.807) is 0 Å². The highest BCUT2D eigenvalue weighted by molar-refractivity contribution is 5.68. The SMILES string of the molecule is CCCCCC(CC[C@H]1C2Cc3cccc(OCC(=O)O)c3CC2C[C@@H]1OC1C[C@@H](O)C[C@@H](CO)O1)OC1O[C@H](CO)[C@@H](O)[C@H](O)[C@H]1O. The minimum atomic E-state index is -1.52. The Hall–Kier alpha value is -1.91. The molecule has 3 fully saturated rings. The molecular weight excluding hydrogens is 628 g/mol. The first-order valence-electron chi connectivity index (χ1n) is 17.6. The molecule has 272 valence electrons. The predicted octanol–water partition coefficient (Wildman–Crippen LogP) is 1.29. The van der Waals surface area contributed by atoms with Crippen molar-refractivity contribution in [1.82, 2.24) is 0 Å². The normalized spacial score (nSPS) is 37.1. The summed E-state index contributed by atoms with van der Waals surface area (Å²) in [6, 6.07) is 5.76. The largest absolute Gasteiger partial charge is 0.482 e. The van der Waals surface area contributed by atoms with Crippen molar-refractivity contribution in [1.29, 1.82) is 0 Å². The number of aliphatic carboxylic acids is 1. The zero-order valence-corrected chi connectivity index (χ0v) is 27.7. The standard InChI is InChI=1S/C35H54O13/c1-2-3-4-7-22(46-35-34(43)33(42)32(41)29(17-37)48-35)9-10-24-25-11-19-6-5-8-27(44-18-30(39)40)26(19)12-20(25)13-28(24)47-31-15-21(38)14-23(16-36)45-31/h5-6,8,20-25,28-29,31-38,41-43H,2-4,7,9-18H2,1H3,(H,39,40)/t20?,21-,22?,23-,24-,25?,28-,29+,31?,32+,33-,34+,35?/m0/s1. The average Bonchev–Trinajstić information content (AvgIpc) is 3.40. The van der Waals surface area contributed by atoms with E-state index >= 15 is 0 Å². The Bertz CT molecular complexity index is 1170. The second-order valence-corrected chi connectivity index (χ2v) is 14.0. The average molecular weight is 683 g/mol. The van der Waals surface area contributed by atoms with Crippen molar-refractivity contribution in [2.24, 2.45) is 17.8 Å². The van der Waals surface area contributed by atoms with Crippen molar-refractivity contribution in [2.45, 2.75) is 139 Å². The summed E-state index contributed by atoms with van der Waals surface area (Å²) in [5.41, 5.74) is 2.14. The number of carboxylic acids is 1. The Morgan fingerprint density at radius 2 is 1.77 bits per heavy atom. The first kappa shape index (κ1) is 37.3. The molecule has 0 spiro atoms. The van der Waals surface area contributed by atoms with Crippen molar-refractivity contribution >= 4 is 5.97 Å². The van der Waals surface area contributed by atoms with Gasteiger partial charge in [-0.2, -0.15) is 0 Å². The Morgan fingerprint density at radius 3 is 2.50 bits per heavy atom. The lowest BCUT2D eigenvalue weighted by Crippen LogP contribution is -2.59. The molecule has 7 N–H and O–H groups in total. The lowest BCUT2D eigenvalue weighted by molar-refractivity contribution is -0.312. The third-order valence-electron chi connectivity index (χ3n) is 10.7. The van der Waals surface area contributed by atoms with E-state index in [0.29, 0.717) is 44.3 Å². The van der Waals surface area contributed by atoms with Gasteiger partial charge in [-0.1, -0.05) is 38.3 Å². The quantitative estimate of drug-likeness (QED) is 0.123. The molecule has 0 radical (unpaired) electrons. The van der Waals surface area contributed by atoms with Gasteiger partial charge in [-0.25, -0.2) is 4.79 Å². The minimum Gasteiger partial charge on any atom is -0.482 e. The van der Waals surface area contributed by atoms with Crippen molar-refractivity contribution in [3.05, 3.63) is 29.3 Å². The molecule has 13 heteroatoms. The van der Waals surface area contributed by atoms with Crippen LogP contribution in [0.1, 0.15) is 75.8 Å². The molecule has 0 amide bonds. The predicted molar refractivity (Wildman–Crippen MR) is 170 cm³/mol. The summed E-state index contributed by atoms with van der Waals surface area (Å²) in [5.74, 6) is 0.0970. The van der Waals surface area contributed by atoms with Crippen LogP contribution in [0.4, 0.5) is 0 Å². The fourth-order valence-corrected chi connectivity index (χ4v) is 8.21. The summed E-state index contributed by atoms with van der Waals surface area (Å²) >= 11 is 0. The maximum atomic E-state index is 11.2. The monoisotopic (exact) mass is 682 g/mol. The van der Waals surface area contributed by atoms with Crippen LogP contribution < -0.4 is 4.74 Å². The molecule has 2 heterocycles. The van der Waals surface area contributed by atoms with E-state index in [-0.39, 0.29) is 36.6 Å². The van der Waals surface area contributed by atoms with Gasteiger partial charge in [0.2, 0.25) is 0 Å². The molecule has 1 aromatic rings. The third kappa shape index (κ3) is 9.05. The number of aliphatic hydroxyl groups is 6. The topological polar surface area (TPSA) is 205 Å². The van der Waals surface area contributed by atoms with Crippen LogP contribution in [0.5, 0.6) is 5.75 Å². The highest BCUT2D eigenvalue weighted by Crippen LogP contribution is 2.50. The number of carbonyl (C=O) groups is 1. The van der Waals surface area contributed by atoms with Gasteiger partial charge >= 0.3 is 5.97 Å². The fraction of sp³-hybridized carbons (Fsp3) is 0.800. The molecule has 2 saturated heterocycles. The number of fused-ring (bicyclic) bond motifs is 2. The lowest BCUT2D eigenvalue weighted by atomic mass is 9.73. The molecule has 2 aliphatic carbocycles. The number of benzene rings is 1. The summed E-state index contributed by atoms with van der Waals surface area (Å²) in [7, 11) is 0. The number of hydrogen-bond donors (Lipinski definition) is 7. The smallest absolute Gasteiger partial charge is 0.341 e. The lowest BCUT2D eigenvalue weighted by Gasteiger charge is -2.41. The molecule has 48 heavy (non-hydrogen) atoms. The van der Waals surface area contributed by atoms with E-state index in [1.807, 2.05) is 12.1 Å². The van der Waals surface area contributed by atoms with Crippen molar-refractivity contribution in [3.8, 4) is 5.75 Å².